The van der Waals surface area contributed by atoms with Crippen molar-refractivity contribution in [2.24, 2.45) is 0 Å². The summed E-state index contributed by atoms with van der Waals surface area (Å²) in [7, 11) is 0. The van der Waals surface area contributed by atoms with Crippen LogP contribution in [-0.4, -0.2) is 17.5 Å². The number of rotatable bonds is 3. The third-order valence-corrected chi connectivity index (χ3v) is 3.74. The third kappa shape index (κ3) is 3.00. The van der Waals surface area contributed by atoms with Gasteiger partial charge in [-0.25, -0.2) is 0 Å². The summed E-state index contributed by atoms with van der Waals surface area (Å²) >= 11 is 3.48. The summed E-state index contributed by atoms with van der Waals surface area (Å²) in [5, 5.41) is 2.84. The zero-order valence-corrected chi connectivity index (χ0v) is 12.8. The van der Waals surface area contributed by atoms with Gasteiger partial charge in [-0.1, -0.05) is 15.9 Å². The predicted octanol–water partition coefficient (Wildman–Crippen LogP) is 2.29. The molecule has 3 rings (SSSR count). The van der Waals surface area contributed by atoms with Crippen LogP contribution >= 0.6 is 15.9 Å². The lowest BCUT2D eigenvalue weighted by atomic mass is 10.1. The van der Waals surface area contributed by atoms with E-state index in [0.717, 1.165) is 27.8 Å². The van der Waals surface area contributed by atoms with E-state index in [1.807, 2.05) is 12.1 Å². The summed E-state index contributed by atoms with van der Waals surface area (Å²) in [6, 6.07) is 7.20. The summed E-state index contributed by atoms with van der Waals surface area (Å²) in [5.41, 5.74) is 8.59. The summed E-state index contributed by atoms with van der Waals surface area (Å²) in [6.45, 7) is 1.07. The molecule has 1 aliphatic rings. The lowest BCUT2D eigenvalue weighted by molar-refractivity contribution is 0.0945. The highest BCUT2D eigenvalue weighted by Crippen LogP contribution is 2.32. The van der Waals surface area contributed by atoms with Crippen molar-refractivity contribution < 1.29 is 9.53 Å². The average Bonchev–Trinajstić information content (AvgIpc) is 2.92. The molecule has 0 unspecified atom stereocenters. The van der Waals surface area contributed by atoms with Gasteiger partial charge in [0.05, 0.1) is 6.61 Å². The number of nitrogens with two attached hydrogens (primary N) is 1. The van der Waals surface area contributed by atoms with Crippen LogP contribution in [0.3, 0.4) is 0 Å². The molecule has 1 aromatic carbocycles. The maximum atomic E-state index is 12.1. The molecule has 2 aromatic rings. The van der Waals surface area contributed by atoms with E-state index in [-0.39, 0.29) is 5.91 Å². The van der Waals surface area contributed by atoms with Gasteiger partial charge in [-0.3, -0.25) is 9.78 Å². The Morgan fingerprint density at radius 2 is 2.29 bits per heavy atom. The molecule has 0 aliphatic carbocycles. The second-order valence-electron chi connectivity index (χ2n) is 4.81. The number of nitrogen functional groups attached to an aromatic ring is 1. The van der Waals surface area contributed by atoms with E-state index in [1.54, 1.807) is 12.1 Å². The zero-order chi connectivity index (χ0) is 14.8. The van der Waals surface area contributed by atoms with E-state index in [2.05, 4.69) is 26.2 Å². The van der Waals surface area contributed by atoms with Crippen molar-refractivity contribution in [1.29, 1.82) is 0 Å². The van der Waals surface area contributed by atoms with Crippen molar-refractivity contribution in [1.82, 2.24) is 10.3 Å². The zero-order valence-electron chi connectivity index (χ0n) is 11.2. The third-order valence-electron chi connectivity index (χ3n) is 3.28. The van der Waals surface area contributed by atoms with Crippen LogP contribution in [0.1, 0.15) is 21.6 Å². The highest BCUT2D eigenvalue weighted by Gasteiger charge is 2.18. The van der Waals surface area contributed by atoms with Crippen LogP contribution in [0.4, 0.5) is 5.69 Å². The Morgan fingerprint density at radius 1 is 1.43 bits per heavy atom. The van der Waals surface area contributed by atoms with E-state index in [1.165, 1.54) is 6.20 Å². The molecule has 1 aromatic heterocycles. The van der Waals surface area contributed by atoms with Gasteiger partial charge >= 0.3 is 0 Å². The summed E-state index contributed by atoms with van der Waals surface area (Å²) in [6.07, 6.45) is 2.41. The molecular weight excluding hydrogens is 334 g/mol. The number of nitrogens with zero attached hydrogens (tertiary/aromatic N) is 1. The number of amides is 1. The fraction of sp³-hybridized carbons (Fsp3) is 0.200. The van der Waals surface area contributed by atoms with E-state index >= 15 is 0 Å². The van der Waals surface area contributed by atoms with Crippen LogP contribution < -0.4 is 15.8 Å². The van der Waals surface area contributed by atoms with Crippen molar-refractivity contribution in [2.45, 2.75) is 13.0 Å². The molecular formula is C15H14BrN3O2. The van der Waals surface area contributed by atoms with Crippen LogP contribution in [0.15, 0.2) is 34.9 Å². The fourth-order valence-electron chi connectivity index (χ4n) is 2.31. The summed E-state index contributed by atoms with van der Waals surface area (Å²) < 4.78 is 6.62. The lowest BCUT2D eigenvalue weighted by Crippen LogP contribution is -2.24. The smallest absolute Gasteiger partial charge is 0.270 e. The average molecular weight is 348 g/mol. The predicted molar refractivity (Wildman–Crippen MR) is 83.2 cm³/mol. The maximum Gasteiger partial charge on any atom is 0.270 e. The molecule has 0 saturated carbocycles. The van der Waals surface area contributed by atoms with Crippen LogP contribution in [-0.2, 0) is 13.0 Å². The number of benzene rings is 1. The van der Waals surface area contributed by atoms with Crippen molar-refractivity contribution in [2.75, 3.05) is 12.3 Å². The second-order valence-corrected chi connectivity index (χ2v) is 5.72. The number of fused-ring (bicyclic) bond motifs is 1. The Labute approximate surface area is 130 Å². The number of ether oxygens (including phenoxy) is 1. The van der Waals surface area contributed by atoms with Gasteiger partial charge in [-0.15, -0.1) is 0 Å². The Kier molecular flexibility index (Phi) is 3.79. The van der Waals surface area contributed by atoms with Crippen LogP contribution in [0, 0.1) is 0 Å². The largest absolute Gasteiger partial charge is 0.493 e. The minimum Gasteiger partial charge on any atom is -0.493 e. The molecule has 0 fully saturated rings. The molecule has 1 amide bonds. The molecule has 5 nitrogen and oxygen atoms in total. The Hall–Kier alpha value is -2.08. The first-order chi connectivity index (χ1) is 10.1. The number of carbonyl (C=O) groups excluding carboxylic acids is 1. The monoisotopic (exact) mass is 347 g/mol. The number of carbonyl (C=O) groups is 1. The molecule has 0 radical (unpaired) electrons. The number of hydrogen-bond donors (Lipinski definition) is 2. The minimum atomic E-state index is -0.256. The molecule has 0 bridgehead atoms. The summed E-state index contributed by atoms with van der Waals surface area (Å²) in [4.78, 5) is 16.1. The lowest BCUT2D eigenvalue weighted by Gasteiger charge is -2.10. The van der Waals surface area contributed by atoms with Gasteiger partial charge in [0.2, 0.25) is 0 Å². The molecule has 6 heteroatoms. The first-order valence-electron chi connectivity index (χ1n) is 6.57. The number of nitrogens with one attached hydrogen (secondary N) is 1. The molecule has 1 aliphatic heterocycles. The minimum absolute atomic E-state index is 0.256. The highest BCUT2D eigenvalue weighted by atomic mass is 79.9. The van der Waals surface area contributed by atoms with Gasteiger partial charge in [0.15, 0.2) is 0 Å². The normalized spacial score (nSPS) is 12.6. The van der Waals surface area contributed by atoms with Gasteiger partial charge in [0.25, 0.3) is 5.91 Å². The van der Waals surface area contributed by atoms with Crippen LogP contribution in [0.5, 0.6) is 5.75 Å². The van der Waals surface area contributed by atoms with Gasteiger partial charge in [0.1, 0.15) is 11.4 Å². The molecule has 108 valence electrons. The van der Waals surface area contributed by atoms with Crippen LogP contribution in [0.25, 0.3) is 0 Å². The SMILES string of the molecule is Nc1ccnc(C(=O)NCc2cc(Br)cc3c2OCC3)c1. The number of pyridine rings is 1. The Balaban J connectivity index is 1.75. The first-order valence-corrected chi connectivity index (χ1v) is 7.36. The number of anilines is 1. The quantitative estimate of drug-likeness (QED) is 0.892. The topological polar surface area (TPSA) is 77.2 Å². The number of aromatic nitrogens is 1. The standard InChI is InChI=1S/C15H14BrN3O2/c16-11-5-9-2-4-21-14(9)10(6-11)8-19-15(20)13-7-12(17)1-3-18-13/h1,3,5-7H,2,4,8H2,(H2,17,18)(H,19,20). The molecule has 0 atom stereocenters. The fourth-order valence-corrected chi connectivity index (χ4v) is 2.87. The highest BCUT2D eigenvalue weighted by molar-refractivity contribution is 9.10. The maximum absolute atomic E-state index is 12.1. The van der Waals surface area contributed by atoms with Crippen molar-refractivity contribution in [3.05, 3.63) is 51.8 Å². The van der Waals surface area contributed by atoms with E-state index in [9.17, 15) is 4.79 Å². The van der Waals surface area contributed by atoms with Crippen molar-refractivity contribution in [3.63, 3.8) is 0 Å². The molecule has 2 heterocycles. The second kappa shape index (κ2) is 5.73. The Morgan fingerprint density at radius 3 is 3.10 bits per heavy atom. The van der Waals surface area contributed by atoms with Gasteiger partial charge in [-0.2, -0.15) is 0 Å². The van der Waals surface area contributed by atoms with Gasteiger partial charge < -0.3 is 15.8 Å². The Bertz CT molecular complexity index is 703. The number of hydrogen-bond acceptors (Lipinski definition) is 4. The summed E-state index contributed by atoms with van der Waals surface area (Å²) in [5.74, 6) is 0.619. The van der Waals surface area contributed by atoms with Gasteiger partial charge in [0, 0.05) is 34.9 Å². The van der Waals surface area contributed by atoms with E-state index in [4.69, 9.17) is 10.5 Å². The van der Waals surface area contributed by atoms with Crippen LogP contribution in [0.2, 0.25) is 0 Å². The molecule has 3 N–H and O–H groups in total. The van der Waals surface area contributed by atoms with Crippen molar-refractivity contribution >= 4 is 27.5 Å². The molecule has 21 heavy (non-hydrogen) atoms. The van der Waals surface area contributed by atoms with E-state index < -0.39 is 0 Å². The number of halogens is 1. The first kappa shape index (κ1) is 13.9. The van der Waals surface area contributed by atoms with Crippen molar-refractivity contribution in [3.8, 4) is 5.75 Å². The molecule has 0 spiro atoms. The van der Waals surface area contributed by atoms with Gasteiger partial charge in [-0.05, 0) is 29.8 Å². The van der Waals surface area contributed by atoms with E-state index in [0.29, 0.717) is 24.5 Å². The molecule has 0 saturated heterocycles.